The van der Waals surface area contributed by atoms with Gasteiger partial charge in [-0.05, 0) is 70.0 Å². The number of ether oxygens (including phenoxy) is 3. The zero-order valence-electron chi connectivity index (χ0n) is 22.6. The lowest BCUT2D eigenvalue weighted by atomic mass is 9.49. The van der Waals surface area contributed by atoms with Gasteiger partial charge in [-0.15, -0.1) is 0 Å². The molecule has 1 saturated heterocycles. The molecule has 12 heteroatoms. The van der Waals surface area contributed by atoms with E-state index in [4.69, 9.17) is 25.1 Å². The van der Waals surface area contributed by atoms with Gasteiger partial charge in [-0.2, -0.15) is 0 Å². The minimum Gasteiger partial charge on any atom is -0.480 e. The first kappa shape index (κ1) is 27.0. The van der Waals surface area contributed by atoms with E-state index in [9.17, 15) is 24.3 Å². The lowest BCUT2D eigenvalue weighted by Crippen LogP contribution is -2.76. The smallest absolute Gasteiger partial charge is 0.408 e. The van der Waals surface area contributed by atoms with Gasteiger partial charge in [0, 0.05) is 24.6 Å². The van der Waals surface area contributed by atoms with Crippen molar-refractivity contribution in [3.8, 4) is 11.5 Å². The highest BCUT2D eigenvalue weighted by atomic mass is 16.6. The number of rotatable bonds is 8. The molecule has 12 nitrogen and oxygen atoms in total. The molecule has 40 heavy (non-hydrogen) atoms. The van der Waals surface area contributed by atoms with Crippen LogP contribution in [-0.2, 0) is 31.0 Å². The van der Waals surface area contributed by atoms with Crippen molar-refractivity contribution >= 4 is 23.8 Å². The van der Waals surface area contributed by atoms with Gasteiger partial charge in [0.2, 0.25) is 0 Å². The monoisotopic (exact) mass is 557 g/mol. The van der Waals surface area contributed by atoms with Crippen molar-refractivity contribution in [2.75, 3.05) is 19.7 Å². The summed E-state index contributed by atoms with van der Waals surface area (Å²) in [5, 5.41) is 23.6. The molecule has 1 unspecified atom stereocenters. The Labute approximate surface area is 231 Å². The summed E-state index contributed by atoms with van der Waals surface area (Å²) in [6, 6.07) is 2.00. The van der Waals surface area contributed by atoms with Gasteiger partial charge in [0.25, 0.3) is 0 Å². The summed E-state index contributed by atoms with van der Waals surface area (Å²) >= 11 is 0. The van der Waals surface area contributed by atoms with E-state index in [1.165, 1.54) is 26.7 Å². The number of Topliss-reactive ketones (excluding diaryl/α,β-unsaturated/α-hetero) is 1. The van der Waals surface area contributed by atoms with Gasteiger partial charge in [-0.25, -0.2) is 9.59 Å². The van der Waals surface area contributed by atoms with Gasteiger partial charge < -0.3 is 35.5 Å². The Morgan fingerprint density at radius 1 is 1.27 bits per heavy atom. The summed E-state index contributed by atoms with van der Waals surface area (Å²) in [5.74, 6) is -1.15. The number of piperidine rings is 1. The Balaban J connectivity index is 1.27. The molecule has 2 heterocycles. The number of aliphatic carboxylic acids is 1. The summed E-state index contributed by atoms with van der Waals surface area (Å²) in [7, 11) is 0. The van der Waals surface area contributed by atoms with Crippen LogP contribution in [0.1, 0.15) is 57.1 Å². The molecule has 0 radical (unpaired) electrons. The summed E-state index contributed by atoms with van der Waals surface area (Å²) in [4.78, 5) is 51.9. The third kappa shape index (κ3) is 3.99. The summed E-state index contributed by atoms with van der Waals surface area (Å²) in [5.41, 5.74) is 3.49. The third-order valence-electron chi connectivity index (χ3n) is 9.38. The Kier molecular flexibility index (Phi) is 6.17. The van der Waals surface area contributed by atoms with Crippen LogP contribution in [0.4, 0.5) is 4.79 Å². The first-order chi connectivity index (χ1) is 18.9. The molecule has 6 rings (SSSR count). The number of carboxylic acid groups (broad SMARTS) is 1. The molecule has 5 aliphatic rings. The summed E-state index contributed by atoms with van der Waals surface area (Å²) in [6.07, 6.45) is 2.31. The second-order valence-corrected chi connectivity index (χ2v) is 12.4. The van der Waals surface area contributed by atoms with Crippen LogP contribution in [0.3, 0.4) is 0 Å². The number of carbonyl (C=O) groups excluding carboxylic acids is 3. The minimum absolute atomic E-state index is 0.0651. The Morgan fingerprint density at radius 2 is 2.02 bits per heavy atom. The Bertz CT molecular complexity index is 1290. The van der Waals surface area contributed by atoms with E-state index >= 15 is 0 Å². The van der Waals surface area contributed by atoms with Crippen molar-refractivity contribution in [2.24, 2.45) is 11.7 Å². The quantitative estimate of drug-likeness (QED) is 0.260. The molecule has 1 spiro atoms. The van der Waals surface area contributed by atoms with Crippen molar-refractivity contribution in [1.82, 2.24) is 10.2 Å². The van der Waals surface area contributed by atoms with Crippen LogP contribution in [0.5, 0.6) is 11.5 Å². The average molecular weight is 558 g/mol. The van der Waals surface area contributed by atoms with Crippen LogP contribution in [0.15, 0.2) is 12.1 Å². The van der Waals surface area contributed by atoms with E-state index in [-0.39, 0.29) is 24.0 Å². The fraction of sp³-hybridized carbons (Fsp3) is 0.643. The number of amides is 1. The van der Waals surface area contributed by atoms with E-state index in [0.717, 1.165) is 24.2 Å². The largest absolute Gasteiger partial charge is 0.480 e. The normalized spacial score (nSPS) is 31.1. The number of likely N-dealkylation sites (tertiary alicyclic amines) is 1. The highest BCUT2D eigenvalue weighted by molar-refractivity contribution is 5.91. The maximum Gasteiger partial charge on any atom is 0.408 e. The van der Waals surface area contributed by atoms with Crippen LogP contribution < -0.4 is 20.5 Å². The van der Waals surface area contributed by atoms with E-state index in [2.05, 4.69) is 10.2 Å². The van der Waals surface area contributed by atoms with E-state index in [1.54, 1.807) is 6.07 Å². The van der Waals surface area contributed by atoms with Gasteiger partial charge in [0.15, 0.2) is 23.4 Å². The summed E-state index contributed by atoms with van der Waals surface area (Å²) in [6.45, 7) is 3.95. The van der Waals surface area contributed by atoms with Crippen molar-refractivity contribution in [3.63, 3.8) is 0 Å². The van der Waals surface area contributed by atoms with Gasteiger partial charge in [-0.3, -0.25) is 14.5 Å². The number of ketones is 1. The molecule has 5 atom stereocenters. The third-order valence-corrected chi connectivity index (χ3v) is 9.38. The highest BCUT2D eigenvalue weighted by Gasteiger charge is 2.73. The Morgan fingerprint density at radius 3 is 2.73 bits per heavy atom. The van der Waals surface area contributed by atoms with E-state index in [1.807, 2.05) is 6.07 Å². The average Bonchev–Trinajstić information content (AvgIpc) is 3.63. The maximum atomic E-state index is 13.2. The lowest BCUT2D eigenvalue weighted by molar-refractivity contribution is -0.188. The molecule has 2 bridgehead atoms. The van der Waals surface area contributed by atoms with Gasteiger partial charge >= 0.3 is 18.0 Å². The number of hydrogen-bond donors (Lipinski definition) is 4. The first-order valence-electron chi connectivity index (χ1n) is 13.8. The van der Waals surface area contributed by atoms with Crippen LogP contribution in [0, 0.1) is 5.92 Å². The minimum atomic E-state index is -1.56. The topological polar surface area (TPSA) is 178 Å². The molecule has 2 aliphatic heterocycles. The van der Waals surface area contributed by atoms with Crippen LogP contribution in [0.25, 0.3) is 0 Å². The zero-order valence-corrected chi connectivity index (χ0v) is 22.6. The number of carboxylic acids is 1. The van der Waals surface area contributed by atoms with Crippen molar-refractivity contribution in [3.05, 3.63) is 23.3 Å². The predicted octanol–water partition coefficient (Wildman–Crippen LogP) is 0.642. The fourth-order valence-corrected chi connectivity index (χ4v) is 7.14. The maximum absolute atomic E-state index is 13.2. The van der Waals surface area contributed by atoms with Crippen molar-refractivity contribution < 1.29 is 43.6 Å². The number of nitrogens with one attached hydrogen (secondary N) is 1. The van der Waals surface area contributed by atoms with Gasteiger partial charge in [-0.1, -0.05) is 6.07 Å². The Hall–Kier alpha value is -3.22. The summed E-state index contributed by atoms with van der Waals surface area (Å²) < 4.78 is 16.9. The zero-order chi connectivity index (χ0) is 28.6. The van der Waals surface area contributed by atoms with Crippen LogP contribution in [0.2, 0.25) is 0 Å². The second-order valence-electron chi connectivity index (χ2n) is 12.4. The molecular formula is C28H35N3O9. The SMILES string of the molecule is CC(C)(NC(=O)OCC(N)C(=O)O)C(=O)Oc1ccc2c3c1O[C@H]1C(=O)CC[C@@]4(O)[C@@H](C2)N(CC2CC2)CC[C@]314. The number of hydrogen-bond acceptors (Lipinski definition) is 10. The molecule has 1 amide bonds. The molecule has 216 valence electrons. The number of alkyl carbamates (subject to hydrolysis) is 1. The molecule has 5 N–H and O–H groups in total. The van der Waals surface area contributed by atoms with E-state index in [0.29, 0.717) is 30.9 Å². The number of esters is 1. The number of benzene rings is 1. The molecule has 1 aromatic carbocycles. The second kappa shape index (κ2) is 9.15. The van der Waals surface area contributed by atoms with Crippen LogP contribution >= 0.6 is 0 Å². The van der Waals surface area contributed by atoms with Crippen molar-refractivity contribution in [2.45, 2.75) is 87.1 Å². The first-order valence-corrected chi connectivity index (χ1v) is 13.8. The highest BCUT2D eigenvalue weighted by Crippen LogP contribution is 2.65. The predicted molar refractivity (Wildman–Crippen MR) is 138 cm³/mol. The molecule has 1 aromatic rings. The molecule has 2 saturated carbocycles. The lowest BCUT2D eigenvalue weighted by Gasteiger charge is -2.62. The molecular weight excluding hydrogens is 522 g/mol. The number of nitrogens with zero attached hydrogens (tertiary/aromatic N) is 1. The number of carbonyl (C=O) groups is 4. The van der Waals surface area contributed by atoms with Crippen molar-refractivity contribution in [1.29, 1.82) is 0 Å². The molecule has 0 aromatic heterocycles. The van der Waals surface area contributed by atoms with E-state index < -0.39 is 53.3 Å². The number of aliphatic hydroxyl groups is 1. The molecule has 3 fully saturated rings. The number of nitrogens with two attached hydrogens (primary N) is 1. The van der Waals surface area contributed by atoms with Crippen LogP contribution in [-0.4, -0.2) is 88.0 Å². The molecule has 3 aliphatic carbocycles. The standard InChI is InChI=1S/C28H35N3O9/c1-26(2,30-25(36)38-13-16(29)23(33)34)24(35)39-18-6-5-15-11-19-28(37)8-7-17(32)22-27(28,20(15)21(18)40-22)9-10-31(19)12-14-3-4-14/h5-6,14,16,19,22,37H,3-4,7-13,29H2,1-2H3,(H,30,36)(H,33,34)/t16?,19-,22+,27+,28-/m1/s1. The fourth-order valence-electron chi connectivity index (χ4n) is 7.14. The van der Waals surface area contributed by atoms with Gasteiger partial charge in [0.05, 0.1) is 11.0 Å². The van der Waals surface area contributed by atoms with Gasteiger partial charge in [0.1, 0.15) is 18.2 Å².